The lowest BCUT2D eigenvalue weighted by molar-refractivity contribution is -0.114. The molecule has 0 saturated heterocycles. The number of rotatable bonds is 2. The first-order chi connectivity index (χ1) is 13.0. The Balaban J connectivity index is 1.80. The molecule has 0 spiro atoms. The van der Waals surface area contributed by atoms with Gasteiger partial charge in [0, 0.05) is 17.9 Å². The average molecular weight is 379 g/mol. The van der Waals surface area contributed by atoms with Gasteiger partial charge in [-0.1, -0.05) is 48.0 Å². The van der Waals surface area contributed by atoms with Gasteiger partial charge >= 0.3 is 0 Å². The minimum Gasteiger partial charge on any atom is -0.512 e. The molecule has 27 heavy (non-hydrogen) atoms. The van der Waals surface area contributed by atoms with Crippen LogP contribution in [0.15, 0.2) is 60.4 Å². The molecule has 2 aromatic carbocycles. The van der Waals surface area contributed by atoms with E-state index in [2.05, 4.69) is 12.2 Å². The summed E-state index contributed by atoms with van der Waals surface area (Å²) < 4.78 is 0. The first-order valence-corrected chi connectivity index (χ1v) is 9.89. The normalized spacial score (nSPS) is 25.2. The summed E-state index contributed by atoms with van der Waals surface area (Å²) in [5, 5.41) is 11.6. The SMILES string of the molecule is Cc1ccc(-c2ccc(Cl)cc2)cc1/C1=C(\O)C[C@H]2C=CC(CC2)CC1=O. The second-order valence-corrected chi connectivity index (χ2v) is 8.11. The predicted octanol–water partition coefficient (Wildman–Crippen LogP) is 6.53. The van der Waals surface area contributed by atoms with Gasteiger partial charge in [0.25, 0.3) is 0 Å². The summed E-state index contributed by atoms with van der Waals surface area (Å²) in [6.45, 7) is 1.99. The molecule has 0 fully saturated rings. The Morgan fingerprint density at radius 3 is 2.22 bits per heavy atom. The molecule has 0 saturated carbocycles. The number of Topliss-reactive ketones (excluding diaryl/α,β-unsaturated/α-hetero) is 1. The van der Waals surface area contributed by atoms with Gasteiger partial charge in [0.2, 0.25) is 0 Å². The fraction of sp³-hybridized carbons (Fsp3) is 0.292. The van der Waals surface area contributed by atoms with Crippen LogP contribution < -0.4 is 0 Å². The number of carbonyl (C=O) groups excluding carboxylic acids is 1. The number of ketones is 1. The Kier molecular flexibility index (Phi) is 4.92. The Bertz CT molecular complexity index is 937. The standard InChI is InChI=1S/C24H23ClO2/c1-15-2-7-19(18-8-10-20(25)11-9-18)14-21(15)24-22(26)12-16-3-4-17(6-5-16)13-23(24)27/h2-4,7-11,14,16-17,26H,5-6,12-13H2,1H3/b24-22+/t16-,17?/m0/s1. The van der Waals surface area contributed by atoms with Crippen LogP contribution in [0.4, 0.5) is 0 Å². The number of hydrogen-bond acceptors (Lipinski definition) is 2. The second kappa shape index (κ2) is 7.36. The van der Waals surface area contributed by atoms with Gasteiger partial charge in [-0.15, -0.1) is 0 Å². The fourth-order valence-corrected chi connectivity index (χ4v) is 4.27. The van der Waals surface area contributed by atoms with Gasteiger partial charge in [0.1, 0.15) is 5.76 Å². The number of aliphatic hydroxyl groups excluding tert-OH is 1. The minimum absolute atomic E-state index is 0.0426. The zero-order valence-electron chi connectivity index (χ0n) is 15.4. The summed E-state index contributed by atoms with van der Waals surface area (Å²) in [6, 6.07) is 13.8. The molecule has 138 valence electrons. The van der Waals surface area contributed by atoms with E-state index < -0.39 is 0 Å². The van der Waals surface area contributed by atoms with Gasteiger partial charge in [-0.3, -0.25) is 4.79 Å². The van der Waals surface area contributed by atoms with E-state index >= 15 is 0 Å². The number of halogens is 1. The summed E-state index contributed by atoms with van der Waals surface area (Å²) in [7, 11) is 0. The molecule has 1 N–H and O–H groups in total. The van der Waals surface area contributed by atoms with Crippen molar-refractivity contribution in [3.8, 4) is 11.1 Å². The lowest BCUT2D eigenvalue weighted by Gasteiger charge is -2.19. The highest BCUT2D eigenvalue weighted by Crippen LogP contribution is 2.37. The summed E-state index contributed by atoms with van der Waals surface area (Å²) in [4.78, 5) is 13.1. The molecule has 3 aliphatic carbocycles. The third kappa shape index (κ3) is 3.72. The maximum Gasteiger partial charge on any atom is 0.167 e. The average Bonchev–Trinajstić information content (AvgIpc) is 2.74. The van der Waals surface area contributed by atoms with Crippen LogP contribution in [-0.2, 0) is 4.79 Å². The van der Waals surface area contributed by atoms with E-state index in [-0.39, 0.29) is 17.5 Å². The van der Waals surface area contributed by atoms with Gasteiger partial charge in [-0.25, -0.2) is 0 Å². The molecule has 3 heteroatoms. The number of hydrogen-bond donors (Lipinski definition) is 1. The maximum absolute atomic E-state index is 13.1. The van der Waals surface area contributed by atoms with Crippen molar-refractivity contribution in [3.05, 3.63) is 76.5 Å². The second-order valence-electron chi connectivity index (χ2n) is 7.67. The van der Waals surface area contributed by atoms with Gasteiger partial charge in [-0.2, -0.15) is 0 Å². The van der Waals surface area contributed by atoms with Crippen LogP contribution in [-0.4, -0.2) is 10.9 Å². The van der Waals surface area contributed by atoms with E-state index in [1.165, 1.54) is 0 Å². The van der Waals surface area contributed by atoms with Crippen molar-refractivity contribution in [3.63, 3.8) is 0 Å². The third-order valence-corrected chi connectivity index (χ3v) is 5.97. The zero-order valence-corrected chi connectivity index (χ0v) is 16.2. The van der Waals surface area contributed by atoms with E-state index in [1.54, 1.807) is 0 Å². The topological polar surface area (TPSA) is 37.3 Å². The van der Waals surface area contributed by atoms with Gasteiger partial charge < -0.3 is 5.11 Å². The fourth-order valence-electron chi connectivity index (χ4n) is 4.15. The van der Waals surface area contributed by atoms with Crippen LogP contribution in [0.3, 0.4) is 0 Å². The van der Waals surface area contributed by atoms with Gasteiger partial charge in [-0.05, 0) is 72.1 Å². The third-order valence-electron chi connectivity index (χ3n) is 5.72. The van der Waals surface area contributed by atoms with E-state index in [9.17, 15) is 9.90 Å². The molecule has 0 aliphatic heterocycles. The lowest BCUT2D eigenvalue weighted by Crippen LogP contribution is -2.11. The molecule has 2 nitrogen and oxygen atoms in total. The summed E-state index contributed by atoms with van der Waals surface area (Å²) in [5.41, 5.74) is 4.40. The quantitative estimate of drug-likeness (QED) is 0.603. The first-order valence-electron chi connectivity index (χ1n) is 9.52. The molecular formula is C24H23ClO2. The molecule has 2 atom stereocenters. The molecule has 3 aliphatic rings. The van der Waals surface area contributed by atoms with Crippen LogP contribution in [0.25, 0.3) is 16.7 Å². The number of aryl methyl sites for hydroxylation is 1. The van der Waals surface area contributed by atoms with Crippen LogP contribution in [0.1, 0.15) is 36.8 Å². The number of carbonyl (C=O) groups is 1. The van der Waals surface area contributed by atoms with Crippen LogP contribution in [0.5, 0.6) is 0 Å². The molecular weight excluding hydrogens is 356 g/mol. The highest BCUT2D eigenvalue weighted by molar-refractivity contribution is 6.30. The van der Waals surface area contributed by atoms with Crippen molar-refractivity contribution in [1.82, 2.24) is 0 Å². The van der Waals surface area contributed by atoms with E-state index in [1.807, 2.05) is 49.4 Å². The van der Waals surface area contributed by atoms with Crippen molar-refractivity contribution in [2.24, 2.45) is 11.8 Å². The monoisotopic (exact) mass is 378 g/mol. The highest BCUT2D eigenvalue weighted by atomic mass is 35.5. The van der Waals surface area contributed by atoms with E-state index in [0.717, 1.165) is 35.1 Å². The molecule has 2 bridgehead atoms. The molecule has 1 unspecified atom stereocenters. The molecule has 0 amide bonds. The molecule has 5 rings (SSSR count). The van der Waals surface area contributed by atoms with Crippen molar-refractivity contribution in [1.29, 1.82) is 0 Å². The maximum atomic E-state index is 13.1. The Morgan fingerprint density at radius 2 is 1.56 bits per heavy atom. The molecule has 0 aromatic heterocycles. The zero-order chi connectivity index (χ0) is 19.0. The lowest BCUT2D eigenvalue weighted by atomic mass is 9.85. The molecule has 0 heterocycles. The number of allylic oxidation sites excluding steroid dienone is 4. The summed E-state index contributed by atoms with van der Waals surface area (Å²) >= 11 is 6.01. The predicted molar refractivity (Wildman–Crippen MR) is 111 cm³/mol. The molecule has 2 aromatic rings. The number of aliphatic hydroxyl groups is 1. The van der Waals surface area contributed by atoms with E-state index in [4.69, 9.17) is 11.6 Å². The minimum atomic E-state index is 0.0426. The first kappa shape index (κ1) is 18.1. The smallest absolute Gasteiger partial charge is 0.167 e. The van der Waals surface area contributed by atoms with E-state index in [0.29, 0.717) is 29.4 Å². The number of benzene rings is 2. The Hall–Kier alpha value is -2.32. The molecule has 0 radical (unpaired) electrons. The van der Waals surface area contributed by atoms with Crippen molar-refractivity contribution in [2.75, 3.05) is 0 Å². The Morgan fingerprint density at radius 1 is 0.926 bits per heavy atom. The largest absolute Gasteiger partial charge is 0.512 e. The van der Waals surface area contributed by atoms with Crippen LogP contribution in [0, 0.1) is 18.8 Å². The van der Waals surface area contributed by atoms with Crippen LogP contribution in [0.2, 0.25) is 5.02 Å². The van der Waals surface area contributed by atoms with Crippen molar-refractivity contribution < 1.29 is 9.90 Å². The van der Waals surface area contributed by atoms with Crippen molar-refractivity contribution >= 4 is 23.0 Å². The van der Waals surface area contributed by atoms with Gasteiger partial charge in [0.15, 0.2) is 5.78 Å². The van der Waals surface area contributed by atoms with Crippen molar-refractivity contribution in [2.45, 2.75) is 32.6 Å². The van der Waals surface area contributed by atoms with Crippen LogP contribution >= 0.6 is 11.6 Å². The summed E-state index contributed by atoms with van der Waals surface area (Å²) in [5.74, 6) is 0.880. The summed E-state index contributed by atoms with van der Waals surface area (Å²) in [6.07, 6.45) is 7.41. The Labute approximate surface area is 165 Å². The van der Waals surface area contributed by atoms with Gasteiger partial charge in [0.05, 0.1) is 5.57 Å². The highest BCUT2D eigenvalue weighted by Gasteiger charge is 2.28. The number of fused-ring (bicyclic) bond motifs is 4.